The number of carbonyl (C=O) groups is 3. The van der Waals surface area contributed by atoms with Crippen molar-refractivity contribution in [3.8, 4) is 11.1 Å². The molecule has 2 aromatic carbocycles. The highest BCUT2D eigenvalue weighted by atomic mass is 16.5. The number of carbonyl (C=O) groups excluding carboxylic acids is 2. The van der Waals surface area contributed by atoms with Gasteiger partial charge in [0, 0.05) is 24.4 Å². The van der Waals surface area contributed by atoms with Crippen LogP contribution in [0.1, 0.15) is 63.0 Å². The van der Waals surface area contributed by atoms with E-state index in [0.717, 1.165) is 12.8 Å². The highest BCUT2D eigenvalue weighted by molar-refractivity contribution is 5.79. The zero-order valence-electron chi connectivity index (χ0n) is 20.3. The molecule has 1 fully saturated rings. The van der Waals surface area contributed by atoms with E-state index in [2.05, 4.69) is 34.9 Å². The number of benzene rings is 2. The maximum atomic E-state index is 12.6. The molecule has 2 aliphatic carbocycles. The number of alkyl carbamates (subject to hydrolysis) is 1. The molecule has 3 atom stereocenters. The Hall–Kier alpha value is -3.35. The van der Waals surface area contributed by atoms with Gasteiger partial charge in [-0.25, -0.2) is 4.79 Å². The van der Waals surface area contributed by atoms with Crippen LogP contribution < -0.4 is 10.6 Å². The summed E-state index contributed by atoms with van der Waals surface area (Å²) in [5.74, 6) is -0.824. The van der Waals surface area contributed by atoms with Gasteiger partial charge in [0.2, 0.25) is 5.91 Å². The molecule has 0 radical (unpaired) electrons. The second-order valence-electron chi connectivity index (χ2n) is 10.1. The van der Waals surface area contributed by atoms with Crippen molar-refractivity contribution >= 4 is 18.0 Å². The molecule has 3 N–H and O–H groups in total. The minimum atomic E-state index is -0.919. The van der Waals surface area contributed by atoms with Gasteiger partial charge in [0.15, 0.2) is 0 Å². The second-order valence-corrected chi connectivity index (χ2v) is 10.1. The minimum Gasteiger partial charge on any atom is -0.481 e. The van der Waals surface area contributed by atoms with Crippen LogP contribution in [0.3, 0.4) is 0 Å². The highest BCUT2D eigenvalue weighted by Gasteiger charge is 2.31. The molecule has 0 spiro atoms. The van der Waals surface area contributed by atoms with Gasteiger partial charge in [-0.15, -0.1) is 0 Å². The number of aliphatic carboxylic acids is 1. The number of carboxylic acid groups (broad SMARTS) is 1. The van der Waals surface area contributed by atoms with Crippen LogP contribution in [0.15, 0.2) is 48.5 Å². The average Bonchev–Trinajstić information content (AvgIpc) is 3.38. The van der Waals surface area contributed by atoms with Gasteiger partial charge in [0.1, 0.15) is 6.61 Å². The number of carboxylic acids is 1. The third-order valence-electron chi connectivity index (χ3n) is 7.23. The van der Waals surface area contributed by atoms with E-state index in [1.807, 2.05) is 38.1 Å². The average molecular weight is 479 g/mol. The van der Waals surface area contributed by atoms with Crippen LogP contribution in [-0.4, -0.2) is 41.8 Å². The van der Waals surface area contributed by atoms with Crippen LogP contribution >= 0.6 is 0 Å². The molecule has 0 saturated heterocycles. The third kappa shape index (κ3) is 6.02. The van der Waals surface area contributed by atoms with Crippen LogP contribution in [0, 0.1) is 11.8 Å². The van der Waals surface area contributed by atoms with Crippen molar-refractivity contribution in [2.75, 3.05) is 6.61 Å². The first-order valence-electron chi connectivity index (χ1n) is 12.4. The van der Waals surface area contributed by atoms with Crippen molar-refractivity contribution < 1.29 is 24.2 Å². The molecule has 0 aromatic heterocycles. The van der Waals surface area contributed by atoms with Crippen LogP contribution in [0.4, 0.5) is 4.79 Å². The van der Waals surface area contributed by atoms with Crippen molar-refractivity contribution in [2.24, 2.45) is 11.8 Å². The Balaban J connectivity index is 1.24. The second kappa shape index (κ2) is 10.9. The van der Waals surface area contributed by atoms with Gasteiger partial charge in [0.25, 0.3) is 0 Å². The van der Waals surface area contributed by atoms with Crippen LogP contribution in [0.2, 0.25) is 0 Å². The number of amides is 2. The number of hydrogen-bond donors (Lipinski definition) is 3. The summed E-state index contributed by atoms with van der Waals surface area (Å²) in [4.78, 5) is 36.1. The Kier molecular flexibility index (Phi) is 7.73. The first kappa shape index (κ1) is 24.8. The van der Waals surface area contributed by atoms with Crippen molar-refractivity contribution in [3.05, 3.63) is 59.7 Å². The first-order chi connectivity index (χ1) is 16.8. The number of fused-ring (bicyclic) bond motifs is 3. The molecule has 2 aromatic rings. The van der Waals surface area contributed by atoms with E-state index in [4.69, 9.17) is 9.84 Å². The van der Waals surface area contributed by atoms with E-state index < -0.39 is 12.1 Å². The lowest BCUT2D eigenvalue weighted by atomic mass is 9.98. The van der Waals surface area contributed by atoms with E-state index in [1.54, 1.807) is 0 Å². The molecule has 0 aliphatic heterocycles. The van der Waals surface area contributed by atoms with Gasteiger partial charge in [-0.1, -0.05) is 62.4 Å². The summed E-state index contributed by atoms with van der Waals surface area (Å²) in [6.45, 7) is 4.08. The Labute approximate surface area is 206 Å². The lowest BCUT2D eigenvalue weighted by Crippen LogP contribution is -2.40. The summed E-state index contributed by atoms with van der Waals surface area (Å²) in [6.07, 6.45) is 2.18. The number of nitrogens with one attached hydrogen (secondary N) is 2. The molecule has 0 heterocycles. The molecule has 1 saturated carbocycles. The van der Waals surface area contributed by atoms with Gasteiger partial charge in [-0.2, -0.15) is 0 Å². The summed E-state index contributed by atoms with van der Waals surface area (Å²) < 4.78 is 5.65. The summed E-state index contributed by atoms with van der Waals surface area (Å²) in [5.41, 5.74) is 4.74. The molecule has 4 rings (SSSR count). The van der Waals surface area contributed by atoms with Gasteiger partial charge in [0.05, 0.1) is 6.42 Å². The van der Waals surface area contributed by atoms with E-state index in [1.165, 1.54) is 22.3 Å². The summed E-state index contributed by atoms with van der Waals surface area (Å²) in [7, 11) is 0. The fourth-order valence-corrected chi connectivity index (χ4v) is 5.37. The molecule has 35 heavy (non-hydrogen) atoms. The standard InChI is InChI=1S/C28H34N2O5/c1-17(2)25(15-27(32)33)30-26(31)14-18-11-12-19(13-18)29-28(34)35-16-24-22-9-5-3-7-20(22)21-8-4-6-10-23(21)24/h3-10,17-19,24-25H,11-16H2,1-2H3,(H,29,34)(H,30,31)(H,32,33)/t18?,19?,25-/m0/s1. The van der Waals surface area contributed by atoms with Crippen LogP contribution in [-0.2, 0) is 14.3 Å². The zero-order chi connectivity index (χ0) is 24.9. The largest absolute Gasteiger partial charge is 0.481 e. The van der Waals surface area contributed by atoms with E-state index >= 15 is 0 Å². The summed E-state index contributed by atoms with van der Waals surface area (Å²) in [5, 5.41) is 14.9. The van der Waals surface area contributed by atoms with Crippen molar-refractivity contribution in [3.63, 3.8) is 0 Å². The quantitative estimate of drug-likeness (QED) is 0.485. The fraction of sp³-hybridized carbons (Fsp3) is 0.464. The molecule has 186 valence electrons. The van der Waals surface area contributed by atoms with Crippen LogP contribution in [0.5, 0.6) is 0 Å². The molecule has 7 nitrogen and oxygen atoms in total. The molecule has 0 bridgehead atoms. The van der Waals surface area contributed by atoms with Crippen LogP contribution in [0.25, 0.3) is 11.1 Å². The third-order valence-corrected chi connectivity index (χ3v) is 7.23. The molecular weight excluding hydrogens is 444 g/mol. The van der Waals surface area contributed by atoms with Crippen molar-refractivity contribution in [2.45, 2.75) is 64.0 Å². The Morgan fingerprint density at radius 3 is 2.23 bits per heavy atom. The lowest BCUT2D eigenvalue weighted by Gasteiger charge is -2.21. The van der Waals surface area contributed by atoms with Gasteiger partial charge in [-0.05, 0) is 53.4 Å². The molecule has 2 aliphatic rings. The Morgan fingerprint density at radius 2 is 1.63 bits per heavy atom. The molecular formula is C28H34N2O5. The van der Waals surface area contributed by atoms with E-state index in [-0.39, 0.29) is 48.8 Å². The topological polar surface area (TPSA) is 105 Å². The maximum absolute atomic E-state index is 12.6. The predicted octanol–water partition coefficient (Wildman–Crippen LogP) is 4.70. The smallest absolute Gasteiger partial charge is 0.407 e. The summed E-state index contributed by atoms with van der Waals surface area (Å²) in [6, 6.07) is 16.1. The van der Waals surface area contributed by atoms with Crippen molar-refractivity contribution in [1.29, 1.82) is 0 Å². The van der Waals surface area contributed by atoms with Gasteiger partial charge in [-0.3, -0.25) is 9.59 Å². The van der Waals surface area contributed by atoms with Gasteiger partial charge >= 0.3 is 12.1 Å². The Morgan fingerprint density at radius 1 is 1.00 bits per heavy atom. The first-order valence-corrected chi connectivity index (χ1v) is 12.4. The molecule has 2 unspecified atom stereocenters. The minimum absolute atomic E-state index is 0.0212. The Bertz CT molecular complexity index is 1040. The summed E-state index contributed by atoms with van der Waals surface area (Å²) >= 11 is 0. The van der Waals surface area contributed by atoms with Crippen molar-refractivity contribution in [1.82, 2.24) is 10.6 Å². The fourth-order valence-electron chi connectivity index (χ4n) is 5.37. The number of ether oxygens (including phenoxy) is 1. The van der Waals surface area contributed by atoms with E-state index in [0.29, 0.717) is 12.8 Å². The lowest BCUT2D eigenvalue weighted by molar-refractivity contribution is -0.138. The maximum Gasteiger partial charge on any atom is 0.407 e. The highest BCUT2D eigenvalue weighted by Crippen LogP contribution is 2.44. The van der Waals surface area contributed by atoms with E-state index in [9.17, 15) is 14.4 Å². The van der Waals surface area contributed by atoms with Gasteiger partial charge < -0.3 is 20.5 Å². The monoisotopic (exact) mass is 478 g/mol. The molecule has 7 heteroatoms. The zero-order valence-corrected chi connectivity index (χ0v) is 20.3. The SMILES string of the molecule is CC(C)[C@H](CC(=O)O)NC(=O)CC1CCC(NC(=O)OCC2c3ccccc3-c3ccccc32)C1. The molecule has 2 amide bonds. The number of hydrogen-bond acceptors (Lipinski definition) is 4. The number of rotatable bonds is 9. The normalized spacial score (nSPS) is 19.6. The predicted molar refractivity (Wildman–Crippen MR) is 133 cm³/mol.